The zero-order chi connectivity index (χ0) is 54.4. The van der Waals surface area contributed by atoms with Crippen LogP contribution >= 0.6 is 0 Å². The summed E-state index contributed by atoms with van der Waals surface area (Å²) in [6.07, 6.45) is 0. The highest BCUT2D eigenvalue weighted by Crippen LogP contribution is 2.53. The predicted molar refractivity (Wildman–Crippen MR) is 340 cm³/mol. The van der Waals surface area contributed by atoms with Crippen molar-refractivity contribution < 1.29 is 4.42 Å². The summed E-state index contributed by atoms with van der Waals surface area (Å²) in [4.78, 5) is 4.79. The van der Waals surface area contributed by atoms with Crippen molar-refractivity contribution in [2.24, 2.45) is 0 Å². The normalized spacial score (nSPS) is 13.4. The first-order valence-corrected chi connectivity index (χ1v) is 28.2. The topological polar surface area (TPSA) is 19.6 Å². The lowest BCUT2D eigenvalue weighted by molar-refractivity contribution is 0.660. The van der Waals surface area contributed by atoms with Crippen molar-refractivity contribution in [1.29, 1.82) is 0 Å². The summed E-state index contributed by atoms with van der Waals surface area (Å²) in [5.74, 6) is 0. The quantitative estimate of drug-likeness (QED) is 0.136. The Morgan fingerprint density at radius 1 is 0.235 bits per heavy atom. The van der Waals surface area contributed by atoms with Gasteiger partial charge in [0.05, 0.1) is 0 Å². The van der Waals surface area contributed by atoms with Crippen LogP contribution in [0.2, 0.25) is 0 Å². The van der Waals surface area contributed by atoms with Crippen LogP contribution < -0.4 is 9.80 Å². The number of anilines is 6. The summed E-state index contributed by atoms with van der Waals surface area (Å²) >= 11 is 0. The van der Waals surface area contributed by atoms with Crippen LogP contribution in [0.4, 0.5) is 34.1 Å². The van der Waals surface area contributed by atoms with Gasteiger partial charge in [-0.1, -0.05) is 234 Å². The van der Waals surface area contributed by atoms with E-state index in [4.69, 9.17) is 4.42 Å². The van der Waals surface area contributed by atoms with E-state index in [2.05, 4.69) is 317 Å². The van der Waals surface area contributed by atoms with Crippen molar-refractivity contribution in [2.45, 2.75) is 38.5 Å². The molecule has 0 bridgehead atoms. The van der Waals surface area contributed by atoms with Crippen molar-refractivity contribution in [1.82, 2.24) is 0 Å². The third kappa shape index (κ3) is 7.94. The SMILES string of the molecule is CC1(C)c2ccccc2-c2ccc(N(c3ccc(-c4ccccc4)cc3)c3ccc(-c4cccc5c4oc4c(-c6ccc(N(c7ccc(-c8ccccc8)cc7)c7ccc8c(c7)C(C)(C)c7ccccc7-8)cc6)cccc45)cc3)cc21. The molecule has 12 aromatic carbocycles. The Bertz CT molecular complexity index is 4240. The Hall–Kier alpha value is -9.96. The molecule has 0 amide bonds. The molecule has 1 aromatic heterocycles. The molecule has 0 saturated carbocycles. The van der Waals surface area contributed by atoms with E-state index in [9.17, 15) is 0 Å². The molecule has 3 nitrogen and oxygen atoms in total. The minimum absolute atomic E-state index is 0.129. The van der Waals surface area contributed by atoms with E-state index in [0.717, 1.165) is 78.3 Å². The average Bonchev–Trinajstić information content (AvgIpc) is 4.34. The Balaban J connectivity index is 0.782. The van der Waals surface area contributed by atoms with Crippen LogP contribution in [0.15, 0.2) is 283 Å². The van der Waals surface area contributed by atoms with Crippen molar-refractivity contribution in [3.63, 3.8) is 0 Å². The van der Waals surface area contributed by atoms with Crippen LogP contribution in [-0.4, -0.2) is 0 Å². The second-order valence-corrected chi connectivity index (χ2v) is 22.9. The highest BCUT2D eigenvalue weighted by molar-refractivity contribution is 6.13. The van der Waals surface area contributed by atoms with Crippen LogP contribution in [0.1, 0.15) is 49.9 Å². The number of hydrogen-bond acceptors (Lipinski definition) is 3. The Morgan fingerprint density at radius 3 is 0.914 bits per heavy atom. The first-order valence-electron chi connectivity index (χ1n) is 28.2. The molecule has 0 radical (unpaired) electrons. The maximum atomic E-state index is 7.11. The molecule has 0 aliphatic heterocycles. The number of nitrogens with zero attached hydrogens (tertiary/aromatic N) is 2. The van der Waals surface area contributed by atoms with Crippen LogP contribution in [-0.2, 0) is 10.8 Å². The van der Waals surface area contributed by atoms with Gasteiger partial charge in [0.15, 0.2) is 0 Å². The minimum Gasteiger partial charge on any atom is -0.455 e. The van der Waals surface area contributed by atoms with Gasteiger partial charge >= 0.3 is 0 Å². The zero-order valence-corrected chi connectivity index (χ0v) is 45.9. The molecule has 1 heterocycles. The molecule has 0 fully saturated rings. The van der Waals surface area contributed by atoms with Crippen LogP contribution in [0.5, 0.6) is 0 Å². The van der Waals surface area contributed by atoms with Crippen molar-refractivity contribution in [3.05, 3.63) is 301 Å². The minimum atomic E-state index is -0.129. The molecule has 2 aliphatic rings. The third-order valence-corrected chi connectivity index (χ3v) is 17.5. The lowest BCUT2D eigenvalue weighted by Crippen LogP contribution is -2.16. The summed E-state index contributed by atoms with van der Waals surface area (Å²) in [5.41, 5.74) is 27.9. The van der Waals surface area contributed by atoms with Gasteiger partial charge in [0.1, 0.15) is 11.2 Å². The van der Waals surface area contributed by atoms with E-state index < -0.39 is 0 Å². The molecule has 2 aliphatic carbocycles. The summed E-state index contributed by atoms with van der Waals surface area (Å²) in [5, 5.41) is 2.19. The average molecular weight is 1040 g/mol. The van der Waals surface area contributed by atoms with E-state index in [-0.39, 0.29) is 10.8 Å². The van der Waals surface area contributed by atoms with Crippen LogP contribution in [0.25, 0.3) is 88.7 Å². The first kappa shape index (κ1) is 48.2. The number of furan rings is 1. The second kappa shape index (κ2) is 18.9. The van der Waals surface area contributed by atoms with Crippen molar-refractivity contribution in [2.75, 3.05) is 9.80 Å². The van der Waals surface area contributed by atoms with Crippen LogP contribution in [0.3, 0.4) is 0 Å². The maximum Gasteiger partial charge on any atom is 0.143 e. The van der Waals surface area contributed by atoms with Gasteiger partial charge in [-0.25, -0.2) is 0 Å². The summed E-state index contributed by atoms with van der Waals surface area (Å²) in [6.45, 7) is 9.40. The monoisotopic (exact) mass is 1040 g/mol. The van der Waals surface area contributed by atoms with E-state index in [1.807, 2.05) is 0 Å². The van der Waals surface area contributed by atoms with E-state index >= 15 is 0 Å². The van der Waals surface area contributed by atoms with Gasteiger partial charge in [-0.3, -0.25) is 0 Å². The van der Waals surface area contributed by atoms with Crippen molar-refractivity contribution >= 4 is 56.1 Å². The Kier molecular flexibility index (Phi) is 11.2. The number of para-hydroxylation sites is 2. The van der Waals surface area contributed by atoms with Gasteiger partial charge in [-0.05, 0) is 151 Å². The molecule has 0 atom stereocenters. The molecule has 0 saturated heterocycles. The van der Waals surface area contributed by atoms with Gasteiger partial charge in [-0.2, -0.15) is 0 Å². The van der Waals surface area contributed by atoms with Gasteiger partial charge in [0.2, 0.25) is 0 Å². The van der Waals surface area contributed by atoms with Crippen molar-refractivity contribution in [3.8, 4) is 66.8 Å². The molecular weight excluding hydrogens is 981 g/mol. The molecule has 0 N–H and O–H groups in total. The summed E-state index contributed by atoms with van der Waals surface area (Å²) < 4.78 is 7.11. The molecule has 386 valence electrons. The fourth-order valence-electron chi connectivity index (χ4n) is 13.3. The third-order valence-electron chi connectivity index (χ3n) is 17.5. The number of benzene rings is 12. The van der Waals surface area contributed by atoms with Gasteiger partial charge in [0.25, 0.3) is 0 Å². The molecule has 13 aromatic rings. The molecule has 81 heavy (non-hydrogen) atoms. The van der Waals surface area contributed by atoms with Gasteiger partial charge < -0.3 is 14.2 Å². The highest BCUT2D eigenvalue weighted by Gasteiger charge is 2.37. The smallest absolute Gasteiger partial charge is 0.143 e. The number of fused-ring (bicyclic) bond motifs is 9. The summed E-state index contributed by atoms with van der Waals surface area (Å²) in [6, 6.07) is 102. The number of rotatable bonds is 10. The van der Waals surface area contributed by atoms with Gasteiger partial charge in [-0.15, -0.1) is 0 Å². The lowest BCUT2D eigenvalue weighted by Gasteiger charge is -2.28. The van der Waals surface area contributed by atoms with E-state index in [0.29, 0.717) is 0 Å². The second-order valence-electron chi connectivity index (χ2n) is 22.9. The highest BCUT2D eigenvalue weighted by atomic mass is 16.3. The number of hydrogen-bond donors (Lipinski definition) is 0. The van der Waals surface area contributed by atoms with Crippen LogP contribution in [0, 0.1) is 0 Å². The molecule has 15 rings (SSSR count). The van der Waals surface area contributed by atoms with E-state index in [1.54, 1.807) is 0 Å². The standard InChI is InChI=1S/C78H58N2O/c1-77(2)71-27-13-11-21-65(71)67-47-45-61(49-73(67)77)79(57-37-29-53(30-38-57)51-17-7-5-8-18-51)59-41-33-55(34-42-59)63-23-15-25-69-70-26-16-24-64(76(70)81-75(63)69)56-35-43-60(44-36-56)80(58-39-31-54(32-40-58)52-19-9-6-10-20-52)62-46-48-68-66-22-12-14-28-72(66)78(3,4)74(68)50-62/h5-50H,1-4H3. The Morgan fingerprint density at radius 2 is 0.531 bits per heavy atom. The largest absolute Gasteiger partial charge is 0.455 e. The predicted octanol–water partition coefficient (Wildman–Crippen LogP) is 21.8. The summed E-state index contributed by atoms with van der Waals surface area (Å²) in [7, 11) is 0. The molecular formula is C78H58N2O. The zero-order valence-electron chi connectivity index (χ0n) is 45.9. The molecule has 0 spiro atoms. The fourth-order valence-corrected chi connectivity index (χ4v) is 13.3. The maximum absolute atomic E-state index is 7.11. The Labute approximate surface area is 474 Å². The molecule has 3 heteroatoms. The fraction of sp³-hybridized carbons (Fsp3) is 0.0769. The van der Waals surface area contributed by atoms with E-state index in [1.165, 1.54) is 66.8 Å². The van der Waals surface area contributed by atoms with Gasteiger partial charge in [0, 0.05) is 66.9 Å². The first-order chi connectivity index (χ1) is 39.7. The molecule has 0 unspecified atom stereocenters. The lowest BCUT2D eigenvalue weighted by atomic mass is 9.82.